The van der Waals surface area contributed by atoms with Crippen molar-refractivity contribution in [2.24, 2.45) is 5.41 Å². The summed E-state index contributed by atoms with van der Waals surface area (Å²) in [5.41, 5.74) is 0.567. The van der Waals surface area contributed by atoms with E-state index in [1.807, 2.05) is 6.07 Å². The summed E-state index contributed by atoms with van der Waals surface area (Å²) in [7, 11) is 2.09. The summed E-state index contributed by atoms with van der Waals surface area (Å²) < 4.78 is 20.9. The van der Waals surface area contributed by atoms with Gasteiger partial charge in [0, 0.05) is 24.6 Å². The molecule has 1 saturated heterocycles. The largest absolute Gasteiger partial charge is 0.487 e. The summed E-state index contributed by atoms with van der Waals surface area (Å²) in [5.74, 6) is -0.166. The van der Waals surface area contributed by atoms with Crippen molar-refractivity contribution in [1.29, 1.82) is 5.26 Å². The minimum Gasteiger partial charge on any atom is -0.487 e. The second kappa shape index (κ2) is 5.49. The predicted molar refractivity (Wildman–Crippen MR) is 84.6 cm³/mol. The Kier molecular flexibility index (Phi) is 3.79. The van der Waals surface area contributed by atoms with Crippen LogP contribution < -0.4 is 4.74 Å². The second-order valence-electron chi connectivity index (χ2n) is 6.50. The van der Waals surface area contributed by atoms with Crippen LogP contribution in [0.4, 0.5) is 4.39 Å². The van der Waals surface area contributed by atoms with Gasteiger partial charge in [-0.25, -0.2) is 9.37 Å². The van der Waals surface area contributed by atoms with E-state index in [-0.39, 0.29) is 17.3 Å². The smallest absolute Gasteiger partial charge is 0.195 e. The molecule has 1 atom stereocenters. The van der Waals surface area contributed by atoms with Gasteiger partial charge in [-0.3, -0.25) is 0 Å². The lowest BCUT2D eigenvalue weighted by Crippen LogP contribution is -2.49. The van der Waals surface area contributed by atoms with E-state index in [4.69, 9.17) is 10.00 Å². The molecule has 1 fully saturated rings. The van der Waals surface area contributed by atoms with Crippen molar-refractivity contribution in [3.05, 3.63) is 23.0 Å². The van der Waals surface area contributed by atoms with E-state index < -0.39 is 5.82 Å². The summed E-state index contributed by atoms with van der Waals surface area (Å²) in [4.78, 5) is 6.44. The lowest BCUT2D eigenvalue weighted by atomic mass is 9.81. The standard InChI is InChI=1S/C16H18FN3OS/c1-16(2)9-20(3)5-4-14(16)21-12-7-11-13(6-10(12)17)22-15(8-18)19-11/h6-7,14H,4-5,9H2,1-3H3. The Morgan fingerprint density at radius 3 is 2.95 bits per heavy atom. The molecule has 0 amide bonds. The molecule has 0 radical (unpaired) electrons. The molecular formula is C16H18FN3OS. The fourth-order valence-electron chi connectivity index (χ4n) is 3.04. The SMILES string of the molecule is CN1CCC(Oc2cc3nc(C#N)sc3cc2F)C(C)(C)C1. The van der Waals surface area contributed by atoms with Gasteiger partial charge in [-0.15, -0.1) is 11.3 Å². The summed E-state index contributed by atoms with van der Waals surface area (Å²) in [5, 5.41) is 9.24. The maximum Gasteiger partial charge on any atom is 0.195 e. The van der Waals surface area contributed by atoms with Gasteiger partial charge < -0.3 is 9.64 Å². The molecule has 22 heavy (non-hydrogen) atoms. The summed E-state index contributed by atoms with van der Waals surface area (Å²) in [6, 6.07) is 5.01. The molecule has 3 rings (SSSR count). The maximum absolute atomic E-state index is 14.3. The molecule has 6 heteroatoms. The van der Waals surface area contributed by atoms with Gasteiger partial charge in [0.1, 0.15) is 12.2 Å². The molecule has 1 aliphatic heterocycles. The number of benzene rings is 1. The van der Waals surface area contributed by atoms with E-state index in [0.717, 1.165) is 19.5 Å². The van der Waals surface area contributed by atoms with Gasteiger partial charge in [0.15, 0.2) is 16.6 Å². The third-order valence-corrected chi connectivity index (χ3v) is 5.05. The second-order valence-corrected chi connectivity index (χ2v) is 7.53. The van der Waals surface area contributed by atoms with Gasteiger partial charge in [0.25, 0.3) is 0 Å². The van der Waals surface area contributed by atoms with Crippen LogP contribution in [0.25, 0.3) is 10.2 Å². The van der Waals surface area contributed by atoms with E-state index in [1.165, 1.54) is 17.4 Å². The number of likely N-dealkylation sites (tertiary alicyclic amines) is 1. The van der Waals surface area contributed by atoms with Crippen molar-refractivity contribution in [3.8, 4) is 11.8 Å². The molecular weight excluding hydrogens is 301 g/mol. The van der Waals surface area contributed by atoms with Crippen LogP contribution in [-0.4, -0.2) is 36.1 Å². The highest BCUT2D eigenvalue weighted by atomic mass is 32.1. The molecule has 2 aromatic rings. The average Bonchev–Trinajstić information content (AvgIpc) is 2.83. The highest BCUT2D eigenvalue weighted by molar-refractivity contribution is 7.19. The van der Waals surface area contributed by atoms with Crippen LogP contribution >= 0.6 is 11.3 Å². The minimum atomic E-state index is -0.393. The fraction of sp³-hybridized carbons (Fsp3) is 0.500. The van der Waals surface area contributed by atoms with Crippen LogP contribution in [0.2, 0.25) is 0 Å². The first kappa shape index (κ1) is 15.2. The van der Waals surface area contributed by atoms with Crippen molar-refractivity contribution in [2.45, 2.75) is 26.4 Å². The molecule has 0 bridgehead atoms. The van der Waals surface area contributed by atoms with Crippen LogP contribution in [0.1, 0.15) is 25.3 Å². The number of halogens is 1. The van der Waals surface area contributed by atoms with Crippen LogP contribution in [0.3, 0.4) is 0 Å². The third kappa shape index (κ3) is 2.79. The minimum absolute atomic E-state index is 0.0373. The van der Waals surface area contributed by atoms with Crippen LogP contribution in [0.5, 0.6) is 5.75 Å². The third-order valence-electron chi connectivity index (χ3n) is 4.13. The molecule has 1 aromatic heterocycles. The number of rotatable bonds is 2. The van der Waals surface area contributed by atoms with Crippen molar-refractivity contribution in [1.82, 2.24) is 9.88 Å². The number of nitriles is 1. The van der Waals surface area contributed by atoms with Gasteiger partial charge >= 0.3 is 0 Å². The Hall–Kier alpha value is -1.71. The number of hydrogen-bond acceptors (Lipinski definition) is 5. The van der Waals surface area contributed by atoms with Gasteiger partial charge in [0.2, 0.25) is 0 Å². The van der Waals surface area contributed by atoms with E-state index in [2.05, 4.69) is 30.8 Å². The van der Waals surface area contributed by atoms with E-state index >= 15 is 0 Å². The first-order valence-corrected chi connectivity index (χ1v) is 8.06. The zero-order valence-corrected chi connectivity index (χ0v) is 13.7. The normalized spacial score (nSPS) is 21.7. The summed E-state index contributed by atoms with van der Waals surface area (Å²) in [6.45, 7) is 6.13. The molecule has 0 aliphatic carbocycles. The number of piperidine rings is 1. The molecule has 0 N–H and O–H groups in total. The van der Waals surface area contributed by atoms with Crippen LogP contribution in [0, 0.1) is 22.6 Å². The quantitative estimate of drug-likeness (QED) is 0.851. The topological polar surface area (TPSA) is 49.1 Å². The van der Waals surface area contributed by atoms with E-state index in [1.54, 1.807) is 6.07 Å². The van der Waals surface area contributed by atoms with Crippen LogP contribution in [0.15, 0.2) is 12.1 Å². The number of fused-ring (bicyclic) bond motifs is 1. The molecule has 0 spiro atoms. The highest BCUT2D eigenvalue weighted by Gasteiger charge is 2.36. The first-order valence-electron chi connectivity index (χ1n) is 7.24. The van der Waals surface area contributed by atoms with Crippen molar-refractivity contribution in [2.75, 3.05) is 20.1 Å². The molecule has 116 valence electrons. The molecule has 2 heterocycles. The van der Waals surface area contributed by atoms with Crippen molar-refractivity contribution < 1.29 is 9.13 Å². The van der Waals surface area contributed by atoms with E-state index in [9.17, 15) is 4.39 Å². The zero-order valence-electron chi connectivity index (χ0n) is 12.9. The Morgan fingerprint density at radius 2 is 2.27 bits per heavy atom. The Balaban J connectivity index is 1.90. The molecule has 1 aliphatic rings. The van der Waals surface area contributed by atoms with Gasteiger partial charge in [-0.2, -0.15) is 5.26 Å². The average molecular weight is 319 g/mol. The Labute approximate surface area is 133 Å². The number of ether oxygens (including phenoxy) is 1. The lowest BCUT2D eigenvalue weighted by molar-refractivity contribution is -0.00114. The number of hydrogen-bond donors (Lipinski definition) is 0. The Morgan fingerprint density at radius 1 is 1.50 bits per heavy atom. The zero-order chi connectivity index (χ0) is 15.9. The van der Waals surface area contributed by atoms with Crippen molar-refractivity contribution in [3.63, 3.8) is 0 Å². The molecule has 0 saturated carbocycles. The maximum atomic E-state index is 14.3. The van der Waals surface area contributed by atoms with Gasteiger partial charge in [0.05, 0.1) is 10.2 Å². The van der Waals surface area contributed by atoms with Gasteiger partial charge in [-0.1, -0.05) is 13.8 Å². The Bertz CT molecular complexity index is 750. The lowest BCUT2D eigenvalue weighted by Gasteiger charge is -2.42. The summed E-state index contributed by atoms with van der Waals surface area (Å²) >= 11 is 1.19. The molecule has 1 unspecified atom stereocenters. The monoisotopic (exact) mass is 319 g/mol. The number of aromatic nitrogens is 1. The van der Waals surface area contributed by atoms with Gasteiger partial charge in [-0.05, 0) is 19.5 Å². The number of nitrogens with zero attached hydrogens (tertiary/aromatic N) is 3. The molecule has 1 aromatic carbocycles. The highest BCUT2D eigenvalue weighted by Crippen LogP contribution is 2.35. The molecule has 4 nitrogen and oxygen atoms in total. The van der Waals surface area contributed by atoms with Crippen LogP contribution in [-0.2, 0) is 0 Å². The predicted octanol–water partition coefficient (Wildman–Crippen LogP) is 3.42. The van der Waals surface area contributed by atoms with Crippen molar-refractivity contribution >= 4 is 21.6 Å². The first-order chi connectivity index (χ1) is 10.4. The summed E-state index contributed by atoms with van der Waals surface area (Å²) in [6.07, 6.45) is 0.825. The van der Waals surface area contributed by atoms with E-state index in [0.29, 0.717) is 15.2 Å². The fourth-order valence-corrected chi connectivity index (χ4v) is 3.81. The number of thiazole rings is 1.